The van der Waals surface area contributed by atoms with Crippen LogP contribution in [0, 0.1) is 0 Å². The van der Waals surface area contributed by atoms with Gasteiger partial charge >= 0.3 is 0 Å². The van der Waals surface area contributed by atoms with E-state index < -0.39 is 0 Å². The molecule has 15 heavy (non-hydrogen) atoms. The fourth-order valence-corrected chi connectivity index (χ4v) is 2.41. The third-order valence-electron chi connectivity index (χ3n) is 2.21. The van der Waals surface area contributed by atoms with Gasteiger partial charge in [0.15, 0.2) is 0 Å². The van der Waals surface area contributed by atoms with Crippen molar-refractivity contribution >= 4 is 42.8 Å². The first-order chi connectivity index (χ1) is 7.24. The molecule has 4 heteroatoms. The molecule has 1 aromatic heterocycles. The van der Waals surface area contributed by atoms with Gasteiger partial charge < -0.3 is 4.74 Å². The van der Waals surface area contributed by atoms with Gasteiger partial charge in [-0.15, -0.1) is 0 Å². The van der Waals surface area contributed by atoms with Gasteiger partial charge in [-0.25, -0.2) is 4.98 Å². The number of hydrogen-bond acceptors (Lipinski definition) is 2. The number of halogens is 2. The zero-order valence-corrected chi connectivity index (χ0v) is 11.3. The molecule has 0 aliphatic heterocycles. The highest BCUT2D eigenvalue weighted by Crippen LogP contribution is 2.26. The summed E-state index contributed by atoms with van der Waals surface area (Å²) < 4.78 is 6.05. The van der Waals surface area contributed by atoms with Crippen LogP contribution < -0.4 is 4.74 Å². The highest BCUT2D eigenvalue weighted by Gasteiger charge is 2.04. The van der Waals surface area contributed by atoms with Gasteiger partial charge in [-0.3, -0.25) is 0 Å². The molecule has 0 aliphatic rings. The first-order valence-corrected chi connectivity index (χ1v) is 6.35. The van der Waals surface area contributed by atoms with E-state index in [1.807, 2.05) is 24.3 Å². The van der Waals surface area contributed by atoms with Crippen LogP contribution in [0.15, 0.2) is 28.9 Å². The molecular weight excluding hydrogens is 322 g/mol. The molecule has 1 aromatic carbocycles. The molecule has 2 nitrogen and oxygen atoms in total. The fourth-order valence-electron chi connectivity index (χ4n) is 1.48. The van der Waals surface area contributed by atoms with Gasteiger partial charge in [-0.1, -0.05) is 15.9 Å². The number of fused-ring (bicyclic) bond motifs is 1. The maximum atomic E-state index is 5.20. The van der Waals surface area contributed by atoms with Crippen LogP contribution in [0.2, 0.25) is 0 Å². The third-order valence-corrected chi connectivity index (χ3v) is 3.22. The molecule has 2 aromatic rings. The standard InChI is InChI=1S/C11H9Br2NO/c1-15-8-2-3-10-9(5-8)7(6-12)4-11(13)14-10/h2-5H,6H2,1H3. The maximum Gasteiger partial charge on any atom is 0.119 e. The van der Waals surface area contributed by atoms with Crippen LogP contribution in [0.25, 0.3) is 10.9 Å². The number of rotatable bonds is 2. The lowest BCUT2D eigenvalue weighted by Crippen LogP contribution is -1.89. The van der Waals surface area contributed by atoms with Crippen molar-refractivity contribution in [1.82, 2.24) is 4.98 Å². The minimum absolute atomic E-state index is 0.803. The van der Waals surface area contributed by atoms with E-state index in [1.54, 1.807) is 7.11 Å². The number of pyridine rings is 1. The largest absolute Gasteiger partial charge is 0.497 e. The Morgan fingerprint density at radius 1 is 1.33 bits per heavy atom. The van der Waals surface area contributed by atoms with Crippen LogP contribution in [0.3, 0.4) is 0 Å². The number of benzene rings is 1. The number of nitrogens with zero attached hydrogens (tertiary/aromatic N) is 1. The maximum absolute atomic E-state index is 5.20. The summed E-state index contributed by atoms with van der Waals surface area (Å²) in [7, 11) is 1.67. The zero-order valence-electron chi connectivity index (χ0n) is 8.13. The molecule has 0 unspecified atom stereocenters. The van der Waals surface area contributed by atoms with Crippen LogP contribution in [0.5, 0.6) is 5.75 Å². The first kappa shape index (κ1) is 10.9. The topological polar surface area (TPSA) is 22.1 Å². The number of aromatic nitrogens is 1. The van der Waals surface area contributed by atoms with Crippen molar-refractivity contribution in [3.63, 3.8) is 0 Å². The van der Waals surface area contributed by atoms with Crippen LogP contribution in [0.4, 0.5) is 0 Å². The van der Waals surface area contributed by atoms with Crippen molar-refractivity contribution in [1.29, 1.82) is 0 Å². The molecule has 0 saturated heterocycles. The van der Waals surface area contributed by atoms with Gasteiger partial charge in [0.1, 0.15) is 10.4 Å². The number of methoxy groups -OCH3 is 1. The molecule has 1 heterocycles. The Bertz CT molecular complexity index is 499. The summed E-state index contributed by atoms with van der Waals surface area (Å²) in [6, 6.07) is 7.90. The van der Waals surface area contributed by atoms with Gasteiger partial charge in [0, 0.05) is 10.7 Å². The molecule has 78 valence electrons. The normalized spacial score (nSPS) is 10.6. The van der Waals surface area contributed by atoms with Gasteiger partial charge in [-0.2, -0.15) is 0 Å². The van der Waals surface area contributed by atoms with Crippen LogP contribution in [-0.4, -0.2) is 12.1 Å². The highest BCUT2D eigenvalue weighted by molar-refractivity contribution is 9.10. The van der Waals surface area contributed by atoms with Crippen molar-refractivity contribution in [3.05, 3.63) is 34.4 Å². The van der Waals surface area contributed by atoms with Crippen LogP contribution in [-0.2, 0) is 5.33 Å². The summed E-state index contributed by atoms with van der Waals surface area (Å²) in [4.78, 5) is 4.40. The third kappa shape index (κ3) is 2.16. The quantitative estimate of drug-likeness (QED) is 0.615. The Balaban J connectivity index is 2.73. The van der Waals surface area contributed by atoms with Crippen molar-refractivity contribution in [2.24, 2.45) is 0 Å². The van der Waals surface area contributed by atoms with Crippen molar-refractivity contribution in [2.45, 2.75) is 5.33 Å². The minimum atomic E-state index is 0.803. The van der Waals surface area contributed by atoms with E-state index in [0.717, 1.165) is 26.6 Å². The summed E-state index contributed by atoms with van der Waals surface area (Å²) in [5.41, 5.74) is 2.17. The summed E-state index contributed by atoms with van der Waals surface area (Å²) >= 11 is 6.87. The molecule has 0 bridgehead atoms. The average molecular weight is 331 g/mol. The molecule has 0 amide bonds. The Labute approximate surface area is 105 Å². The van der Waals surface area contributed by atoms with Gasteiger partial charge in [0.2, 0.25) is 0 Å². The van der Waals surface area contributed by atoms with Crippen LogP contribution >= 0.6 is 31.9 Å². The molecule has 0 saturated carbocycles. The van der Waals surface area contributed by atoms with E-state index >= 15 is 0 Å². The molecule has 0 aliphatic carbocycles. The summed E-state index contributed by atoms with van der Waals surface area (Å²) in [5.74, 6) is 0.855. The molecule has 2 rings (SSSR count). The minimum Gasteiger partial charge on any atom is -0.497 e. The summed E-state index contributed by atoms with van der Waals surface area (Å²) in [6.07, 6.45) is 0. The SMILES string of the molecule is COc1ccc2nc(Br)cc(CBr)c2c1. The Kier molecular flexibility index (Phi) is 3.26. The van der Waals surface area contributed by atoms with Crippen molar-refractivity contribution in [2.75, 3.05) is 7.11 Å². The predicted molar refractivity (Wildman–Crippen MR) is 68.6 cm³/mol. The number of ether oxygens (including phenoxy) is 1. The number of hydrogen-bond donors (Lipinski definition) is 0. The Hall–Kier alpha value is -0.610. The fraction of sp³-hybridized carbons (Fsp3) is 0.182. The second-order valence-corrected chi connectivity index (χ2v) is 4.49. The van der Waals surface area contributed by atoms with E-state index in [9.17, 15) is 0 Å². The first-order valence-electron chi connectivity index (χ1n) is 4.43. The average Bonchev–Trinajstić information content (AvgIpc) is 2.27. The van der Waals surface area contributed by atoms with E-state index in [1.165, 1.54) is 5.56 Å². The zero-order chi connectivity index (χ0) is 10.8. The molecule has 0 radical (unpaired) electrons. The van der Waals surface area contributed by atoms with Crippen molar-refractivity contribution in [3.8, 4) is 5.75 Å². The second kappa shape index (κ2) is 4.49. The lowest BCUT2D eigenvalue weighted by molar-refractivity contribution is 0.415. The monoisotopic (exact) mass is 329 g/mol. The predicted octanol–water partition coefficient (Wildman–Crippen LogP) is 3.90. The molecule has 0 spiro atoms. The van der Waals surface area contributed by atoms with Gasteiger partial charge in [-0.05, 0) is 45.8 Å². The van der Waals surface area contributed by atoms with E-state index in [4.69, 9.17) is 4.74 Å². The van der Waals surface area contributed by atoms with E-state index in [0.29, 0.717) is 0 Å². The van der Waals surface area contributed by atoms with Gasteiger partial charge in [0.25, 0.3) is 0 Å². The lowest BCUT2D eigenvalue weighted by atomic mass is 10.1. The van der Waals surface area contributed by atoms with E-state index in [-0.39, 0.29) is 0 Å². The van der Waals surface area contributed by atoms with Crippen molar-refractivity contribution < 1.29 is 4.74 Å². The molecule has 0 atom stereocenters. The smallest absolute Gasteiger partial charge is 0.119 e. The second-order valence-electron chi connectivity index (χ2n) is 3.12. The highest BCUT2D eigenvalue weighted by atomic mass is 79.9. The van der Waals surface area contributed by atoms with Gasteiger partial charge in [0.05, 0.1) is 12.6 Å². The molecule has 0 N–H and O–H groups in total. The Morgan fingerprint density at radius 3 is 2.80 bits per heavy atom. The molecular formula is C11H9Br2NO. The number of alkyl halides is 1. The lowest BCUT2D eigenvalue weighted by Gasteiger charge is -2.06. The summed E-state index contributed by atoms with van der Waals surface area (Å²) in [5, 5.41) is 1.92. The van der Waals surface area contributed by atoms with Crippen LogP contribution in [0.1, 0.15) is 5.56 Å². The van der Waals surface area contributed by atoms with E-state index in [2.05, 4.69) is 36.8 Å². The summed E-state index contributed by atoms with van der Waals surface area (Å²) in [6.45, 7) is 0. The Morgan fingerprint density at radius 2 is 2.13 bits per heavy atom. The molecule has 0 fully saturated rings.